The molecule has 0 bridgehead atoms. The standard InChI is InChI=1S/C14H15N3O4/c1-14(2,12(19)20)8-3-5-9(6-4-8)16-11(18)10-7-15-13(21)17-10/h3-7H,1-2H3,(H,16,18)(H,19,20)(H2,15,17,21). The molecular formula is C14H15N3O4. The summed E-state index contributed by atoms with van der Waals surface area (Å²) >= 11 is 0. The van der Waals surface area contributed by atoms with Crippen molar-refractivity contribution in [2.45, 2.75) is 19.3 Å². The second-order valence-electron chi connectivity index (χ2n) is 5.12. The molecule has 1 aromatic carbocycles. The Kier molecular flexibility index (Phi) is 3.66. The van der Waals surface area contributed by atoms with E-state index in [1.54, 1.807) is 38.1 Å². The predicted octanol–water partition coefficient (Wildman–Crippen LogP) is 1.32. The van der Waals surface area contributed by atoms with Gasteiger partial charge in [-0.25, -0.2) is 4.79 Å². The minimum Gasteiger partial charge on any atom is -0.481 e. The van der Waals surface area contributed by atoms with Crippen LogP contribution in [0.1, 0.15) is 29.9 Å². The maximum absolute atomic E-state index is 11.8. The molecule has 0 spiro atoms. The molecule has 0 saturated carbocycles. The van der Waals surface area contributed by atoms with E-state index >= 15 is 0 Å². The van der Waals surface area contributed by atoms with Gasteiger partial charge in [-0.05, 0) is 31.5 Å². The van der Waals surface area contributed by atoms with Crippen molar-refractivity contribution in [3.05, 3.63) is 52.2 Å². The van der Waals surface area contributed by atoms with Gasteiger partial charge in [-0.1, -0.05) is 12.1 Å². The van der Waals surface area contributed by atoms with Crippen molar-refractivity contribution in [3.8, 4) is 0 Å². The molecule has 0 saturated heterocycles. The zero-order chi connectivity index (χ0) is 15.6. The quantitative estimate of drug-likeness (QED) is 0.679. The van der Waals surface area contributed by atoms with Crippen molar-refractivity contribution in [2.24, 2.45) is 0 Å². The lowest BCUT2D eigenvalue weighted by atomic mass is 9.85. The average molecular weight is 289 g/mol. The molecule has 0 aliphatic heterocycles. The molecule has 1 amide bonds. The second-order valence-corrected chi connectivity index (χ2v) is 5.12. The van der Waals surface area contributed by atoms with Crippen LogP contribution in [0.2, 0.25) is 0 Å². The molecule has 2 aromatic rings. The summed E-state index contributed by atoms with van der Waals surface area (Å²) in [6, 6.07) is 6.51. The zero-order valence-corrected chi connectivity index (χ0v) is 11.6. The second kappa shape index (κ2) is 5.28. The number of anilines is 1. The summed E-state index contributed by atoms with van der Waals surface area (Å²) in [7, 11) is 0. The van der Waals surface area contributed by atoms with Crippen molar-refractivity contribution in [1.82, 2.24) is 9.97 Å². The molecule has 21 heavy (non-hydrogen) atoms. The summed E-state index contributed by atoms with van der Waals surface area (Å²) in [5.74, 6) is -1.39. The number of carbonyl (C=O) groups excluding carboxylic acids is 1. The molecule has 0 aliphatic rings. The number of hydrogen-bond donors (Lipinski definition) is 4. The number of carbonyl (C=O) groups is 2. The first-order chi connectivity index (χ1) is 9.80. The van der Waals surface area contributed by atoms with Crippen LogP contribution in [0.5, 0.6) is 0 Å². The van der Waals surface area contributed by atoms with E-state index in [0.29, 0.717) is 11.3 Å². The van der Waals surface area contributed by atoms with E-state index < -0.39 is 23.0 Å². The Bertz CT molecular complexity index is 725. The van der Waals surface area contributed by atoms with E-state index in [-0.39, 0.29) is 5.69 Å². The summed E-state index contributed by atoms with van der Waals surface area (Å²) in [6.45, 7) is 3.21. The third kappa shape index (κ3) is 3.02. The van der Waals surface area contributed by atoms with Crippen LogP contribution >= 0.6 is 0 Å². The van der Waals surface area contributed by atoms with Gasteiger partial charge in [0.05, 0.1) is 5.41 Å². The minimum atomic E-state index is -1.01. The number of aromatic amines is 2. The first-order valence-electron chi connectivity index (χ1n) is 6.23. The number of hydrogen-bond acceptors (Lipinski definition) is 3. The summed E-state index contributed by atoms with van der Waals surface area (Å²) in [5.41, 5.74) is -0.210. The lowest BCUT2D eigenvalue weighted by Gasteiger charge is -2.19. The summed E-state index contributed by atoms with van der Waals surface area (Å²) in [5, 5.41) is 11.8. The highest BCUT2D eigenvalue weighted by atomic mass is 16.4. The highest BCUT2D eigenvalue weighted by Crippen LogP contribution is 2.24. The highest BCUT2D eigenvalue weighted by molar-refractivity contribution is 6.02. The largest absolute Gasteiger partial charge is 0.481 e. The number of rotatable bonds is 4. The Morgan fingerprint density at radius 2 is 1.81 bits per heavy atom. The van der Waals surface area contributed by atoms with E-state index in [4.69, 9.17) is 5.11 Å². The molecule has 1 aromatic heterocycles. The molecule has 2 rings (SSSR count). The van der Waals surface area contributed by atoms with Gasteiger partial charge in [-0.3, -0.25) is 9.59 Å². The monoisotopic (exact) mass is 289 g/mol. The third-order valence-electron chi connectivity index (χ3n) is 3.24. The topological polar surface area (TPSA) is 115 Å². The van der Waals surface area contributed by atoms with Gasteiger partial charge in [-0.15, -0.1) is 0 Å². The van der Waals surface area contributed by atoms with Gasteiger partial charge < -0.3 is 20.4 Å². The molecule has 7 heteroatoms. The van der Waals surface area contributed by atoms with Crippen LogP contribution in [0.15, 0.2) is 35.3 Å². The minimum absolute atomic E-state index is 0.120. The molecular weight excluding hydrogens is 274 g/mol. The molecule has 0 atom stereocenters. The van der Waals surface area contributed by atoms with Crippen LogP contribution in [0.25, 0.3) is 0 Å². The van der Waals surface area contributed by atoms with Gasteiger partial charge in [0.2, 0.25) is 0 Å². The van der Waals surface area contributed by atoms with Crippen LogP contribution in [-0.2, 0) is 10.2 Å². The fourth-order valence-corrected chi connectivity index (χ4v) is 1.75. The van der Waals surface area contributed by atoms with Crippen molar-refractivity contribution in [3.63, 3.8) is 0 Å². The Balaban J connectivity index is 2.15. The Morgan fingerprint density at radius 1 is 1.19 bits per heavy atom. The summed E-state index contributed by atoms with van der Waals surface area (Å²) in [6.07, 6.45) is 1.28. The fourth-order valence-electron chi connectivity index (χ4n) is 1.75. The van der Waals surface area contributed by atoms with Crippen LogP contribution < -0.4 is 11.0 Å². The van der Waals surface area contributed by atoms with E-state index in [1.165, 1.54) is 6.20 Å². The lowest BCUT2D eigenvalue weighted by molar-refractivity contribution is -0.142. The molecule has 0 fully saturated rings. The molecule has 0 aliphatic carbocycles. The van der Waals surface area contributed by atoms with Crippen molar-refractivity contribution in [2.75, 3.05) is 5.32 Å². The van der Waals surface area contributed by atoms with Gasteiger partial charge in [0, 0.05) is 11.9 Å². The Morgan fingerprint density at radius 3 is 2.29 bits per heavy atom. The lowest BCUT2D eigenvalue weighted by Crippen LogP contribution is -2.28. The van der Waals surface area contributed by atoms with Crippen LogP contribution in [0.4, 0.5) is 5.69 Å². The number of carboxylic acids is 1. The number of aromatic nitrogens is 2. The molecule has 0 unspecified atom stereocenters. The van der Waals surface area contributed by atoms with Gasteiger partial charge in [-0.2, -0.15) is 0 Å². The number of benzene rings is 1. The zero-order valence-electron chi connectivity index (χ0n) is 11.6. The van der Waals surface area contributed by atoms with E-state index in [9.17, 15) is 14.4 Å². The Hall–Kier alpha value is -2.83. The van der Waals surface area contributed by atoms with E-state index in [0.717, 1.165) is 0 Å². The number of H-pyrrole nitrogens is 2. The fraction of sp³-hybridized carbons (Fsp3) is 0.214. The van der Waals surface area contributed by atoms with Gasteiger partial charge >= 0.3 is 11.7 Å². The number of aliphatic carboxylic acids is 1. The number of amides is 1. The van der Waals surface area contributed by atoms with Crippen molar-refractivity contribution >= 4 is 17.6 Å². The van der Waals surface area contributed by atoms with Gasteiger partial charge in [0.25, 0.3) is 5.91 Å². The number of nitrogens with one attached hydrogen (secondary N) is 3. The first-order valence-corrected chi connectivity index (χ1v) is 6.23. The number of carboxylic acid groups (broad SMARTS) is 1. The first kappa shape index (κ1) is 14.6. The smallest absolute Gasteiger partial charge is 0.323 e. The summed E-state index contributed by atoms with van der Waals surface area (Å²) in [4.78, 5) is 38.6. The predicted molar refractivity (Wildman–Crippen MR) is 76.5 cm³/mol. The highest BCUT2D eigenvalue weighted by Gasteiger charge is 2.29. The maximum atomic E-state index is 11.8. The molecule has 0 radical (unpaired) electrons. The van der Waals surface area contributed by atoms with Crippen LogP contribution in [-0.4, -0.2) is 27.0 Å². The number of imidazole rings is 1. The maximum Gasteiger partial charge on any atom is 0.323 e. The van der Waals surface area contributed by atoms with Gasteiger partial charge in [0.15, 0.2) is 0 Å². The molecule has 7 nitrogen and oxygen atoms in total. The van der Waals surface area contributed by atoms with Crippen LogP contribution in [0, 0.1) is 0 Å². The SMILES string of the molecule is CC(C)(C(=O)O)c1ccc(NC(=O)c2c[nH]c(=O)[nH]2)cc1. The molecule has 1 heterocycles. The van der Waals surface area contributed by atoms with E-state index in [2.05, 4.69) is 15.3 Å². The van der Waals surface area contributed by atoms with E-state index in [1.807, 2.05) is 0 Å². The van der Waals surface area contributed by atoms with Gasteiger partial charge in [0.1, 0.15) is 5.69 Å². The average Bonchev–Trinajstić information content (AvgIpc) is 2.86. The van der Waals surface area contributed by atoms with Crippen LogP contribution in [0.3, 0.4) is 0 Å². The normalized spacial score (nSPS) is 11.1. The molecule has 4 N–H and O–H groups in total. The Labute approximate surface area is 120 Å². The molecule has 110 valence electrons. The van der Waals surface area contributed by atoms with Crippen molar-refractivity contribution < 1.29 is 14.7 Å². The third-order valence-corrected chi connectivity index (χ3v) is 3.24. The summed E-state index contributed by atoms with van der Waals surface area (Å²) < 4.78 is 0. The van der Waals surface area contributed by atoms with Crippen molar-refractivity contribution in [1.29, 1.82) is 0 Å².